The highest BCUT2D eigenvalue weighted by Gasteiger charge is 2.23. The summed E-state index contributed by atoms with van der Waals surface area (Å²) in [5.74, 6) is -0.111. The van der Waals surface area contributed by atoms with Gasteiger partial charge in [-0.15, -0.1) is 0 Å². The number of aryl methyl sites for hydroxylation is 1. The third-order valence-electron chi connectivity index (χ3n) is 3.49. The highest BCUT2D eigenvalue weighted by atomic mass is 35.5. The zero-order valence-electron chi connectivity index (χ0n) is 12.8. The standard InChI is InChI=1S/C18H13Cl2NO3/c1-11-16(17(21-24-11)12-5-3-2-4-6-12)18(22)23-10-13-7-8-14(19)9-15(13)20/h2-9H,10H2,1H3. The van der Waals surface area contributed by atoms with Gasteiger partial charge in [0.1, 0.15) is 23.6 Å². The summed E-state index contributed by atoms with van der Waals surface area (Å²) in [5, 5.41) is 4.94. The van der Waals surface area contributed by atoms with Crippen LogP contribution < -0.4 is 0 Å². The van der Waals surface area contributed by atoms with Crippen LogP contribution in [-0.4, -0.2) is 11.1 Å². The van der Waals surface area contributed by atoms with Crippen molar-refractivity contribution >= 4 is 29.2 Å². The van der Waals surface area contributed by atoms with Crippen LogP contribution in [0.15, 0.2) is 53.1 Å². The van der Waals surface area contributed by atoms with Gasteiger partial charge in [0.25, 0.3) is 0 Å². The van der Waals surface area contributed by atoms with Gasteiger partial charge in [0.15, 0.2) is 0 Å². The summed E-state index contributed by atoms with van der Waals surface area (Å²) in [6.07, 6.45) is 0. The van der Waals surface area contributed by atoms with Crippen LogP contribution in [0.1, 0.15) is 21.7 Å². The molecule has 0 saturated heterocycles. The van der Waals surface area contributed by atoms with Crippen LogP contribution >= 0.6 is 23.2 Å². The second-order valence-electron chi connectivity index (χ2n) is 5.14. The molecular weight excluding hydrogens is 349 g/mol. The van der Waals surface area contributed by atoms with Gasteiger partial charge >= 0.3 is 5.97 Å². The molecule has 2 aromatic carbocycles. The van der Waals surface area contributed by atoms with Gasteiger partial charge in [-0.1, -0.05) is 64.8 Å². The van der Waals surface area contributed by atoms with Crippen molar-refractivity contribution in [1.29, 1.82) is 0 Å². The van der Waals surface area contributed by atoms with Gasteiger partial charge in [-0.3, -0.25) is 0 Å². The molecule has 3 rings (SSSR count). The topological polar surface area (TPSA) is 52.3 Å². The van der Waals surface area contributed by atoms with Gasteiger partial charge in [0.05, 0.1) is 0 Å². The van der Waals surface area contributed by atoms with Crippen molar-refractivity contribution in [1.82, 2.24) is 5.16 Å². The number of carbonyl (C=O) groups excluding carboxylic acids is 1. The van der Waals surface area contributed by atoms with E-state index < -0.39 is 5.97 Å². The Morgan fingerprint density at radius 1 is 1.17 bits per heavy atom. The summed E-state index contributed by atoms with van der Waals surface area (Å²) in [6, 6.07) is 14.3. The third-order valence-corrected chi connectivity index (χ3v) is 4.07. The maximum Gasteiger partial charge on any atom is 0.344 e. The Labute approximate surface area is 148 Å². The molecule has 0 radical (unpaired) electrons. The number of benzene rings is 2. The minimum atomic E-state index is -0.515. The van der Waals surface area contributed by atoms with E-state index >= 15 is 0 Å². The minimum absolute atomic E-state index is 0.0354. The van der Waals surface area contributed by atoms with Crippen molar-refractivity contribution < 1.29 is 14.1 Å². The number of aromatic nitrogens is 1. The molecule has 0 atom stereocenters. The van der Waals surface area contributed by atoms with E-state index in [1.807, 2.05) is 30.3 Å². The number of halogens is 2. The Bertz CT molecular complexity index is 875. The normalized spacial score (nSPS) is 10.6. The summed E-state index contributed by atoms with van der Waals surface area (Å²) < 4.78 is 10.5. The third kappa shape index (κ3) is 3.45. The molecule has 0 unspecified atom stereocenters. The van der Waals surface area contributed by atoms with Crippen LogP contribution in [0.5, 0.6) is 0 Å². The summed E-state index contributed by atoms with van der Waals surface area (Å²) in [5.41, 5.74) is 2.22. The quantitative estimate of drug-likeness (QED) is 0.590. The van der Waals surface area contributed by atoms with Gasteiger partial charge in [-0.2, -0.15) is 0 Å². The first-order valence-corrected chi connectivity index (χ1v) is 7.94. The smallest absolute Gasteiger partial charge is 0.344 e. The van der Waals surface area contributed by atoms with Gasteiger partial charge in [-0.25, -0.2) is 4.79 Å². The van der Waals surface area contributed by atoms with Crippen molar-refractivity contribution in [3.63, 3.8) is 0 Å². The first-order valence-electron chi connectivity index (χ1n) is 7.19. The summed E-state index contributed by atoms with van der Waals surface area (Å²) in [7, 11) is 0. The number of hydrogen-bond acceptors (Lipinski definition) is 4. The molecule has 1 aromatic heterocycles. The maximum absolute atomic E-state index is 12.5. The van der Waals surface area contributed by atoms with Crippen LogP contribution in [0.3, 0.4) is 0 Å². The highest BCUT2D eigenvalue weighted by molar-refractivity contribution is 6.35. The van der Waals surface area contributed by atoms with Gasteiger partial charge in [0.2, 0.25) is 0 Å². The number of nitrogens with zero attached hydrogens (tertiary/aromatic N) is 1. The molecule has 0 bridgehead atoms. The van der Waals surface area contributed by atoms with Crippen molar-refractivity contribution in [2.75, 3.05) is 0 Å². The second kappa shape index (κ2) is 7.07. The van der Waals surface area contributed by atoms with Crippen LogP contribution in [0, 0.1) is 6.92 Å². The average molecular weight is 362 g/mol. The van der Waals surface area contributed by atoms with Crippen LogP contribution in [0.25, 0.3) is 11.3 Å². The first-order chi connectivity index (χ1) is 11.6. The highest BCUT2D eigenvalue weighted by Crippen LogP contribution is 2.27. The lowest BCUT2D eigenvalue weighted by Gasteiger charge is -2.07. The van der Waals surface area contributed by atoms with Crippen LogP contribution in [0.2, 0.25) is 10.0 Å². The van der Waals surface area contributed by atoms with E-state index in [-0.39, 0.29) is 6.61 Å². The van der Waals surface area contributed by atoms with Crippen LogP contribution in [0.4, 0.5) is 0 Å². The SMILES string of the molecule is Cc1onc(-c2ccccc2)c1C(=O)OCc1ccc(Cl)cc1Cl. The Kier molecular flexibility index (Phi) is 4.88. The minimum Gasteiger partial charge on any atom is -0.457 e. The molecule has 24 heavy (non-hydrogen) atoms. The lowest BCUT2D eigenvalue weighted by atomic mass is 10.1. The fourth-order valence-corrected chi connectivity index (χ4v) is 2.72. The first kappa shape index (κ1) is 16.6. The Morgan fingerprint density at radius 2 is 1.92 bits per heavy atom. The van der Waals surface area contributed by atoms with E-state index in [2.05, 4.69) is 5.16 Å². The summed E-state index contributed by atoms with van der Waals surface area (Å²) >= 11 is 11.9. The molecule has 3 aromatic rings. The average Bonchev–Trinajstić information content (AvgIpc) is 2.96. The lowest BCUT2D eigenvalue weighted by Crippen LogP contribution is -2.07. The Morgan fingerprint density at radius 3 is 2.62 bits per heavy atom. The van der Waals surface area contributed by atoms with Gasteiger partial charge in [-0.05, 0) is 19.1 Å². The lowest BCUT2D eigenvalue weighted by molar-refractivity contribution is 0.0471. The largest absolute Gasteiger partial charge is 0.457 e. The molecular formula is C18H13Cl2NO3. The molecule has 122 valence electrons. The monoisotopic (exact) mass is 361 g/mol. The van der Waals surface area contributed by atoms with Crippen molar-refractivity contribution in [3.8, 4) is 11.3 Å². The Balaban J connectivity index is 1.82. The number of esters is 1. The van der Waals surface area contributed by atoms with E-state index in [1.54, 1.807) is 25.1 Å². The Hall–Kier alpha value is -2.30. The molecule has 0 aliphatic heterocycles. The molecule has 0 N–H and O–H groups in total. The fraction of sp³-hybridized carbons (Fsp3) is 0.111. The van der Waals surface area contributed by atoms with Crippen molar-refractivity contribution in [2.45, 2.75) is 13.5 Å². The van der Waals surface area contributed by atoms with Crippen molar-refractivity contribution in [3.05, 3.63) is 75.5 Å². The van der Waals surface area contributed by atoms with Gasteiger partial charge in [0, 0.05) is 21.2 Å². The van der Waals surface area contributed by atoms with E-state index in [0.717, 1.165) is 5.56 Å². The molecule has 0 aliphatic rings. The van der Waals surface area contributed by atoms with Gasteiger partial charge < -0.3 is 9.26 Å². The van der Waals surface area contributed by atoms with E-state index in [4.69, 9.17) is 32.5 Å². The van der Waals surface area contributed by atoms with Crippen LogP contribution in [-0.2, 0) is 11.3 Å². The van der Waals surface area contributed by atoms with E-state index in [1.165, 1.54) is 0 Å². The molecule has 0 spiro atoms. The molecule has 0 amide bonds. The molecule has 0 aliphatic carbocycles. The molecule has 6 heteroatoms. The van der Waals surface area contributed by atoms with Crippen molar-refractivity contribution in [2.24, 2.45) is 0 Å². The predicted octanol–water partition coefficient (Wildman–Crippen LogP) is 5.31. The number of ether oxygens (including phenoxy) is 1. The molecule has 0 fully saturated rings. The molecule has 4 nitrogen and oxygen atoms in total. The number of carbonyl (C=O) groups is 1. The second-order valence-corrected chi connectivity index (χ2v) is 5.98. The van der Waals surface area contributed by atoms with E-state index in [0.29, 0.717) is 32.6 Å². The summed E-state index contributed by atoms with van der Waals surface area (Å²) in [4.78, 5) is 12.5. The number of hydrogen-bond donors (Lipinski definition) is 0. The fourth-order valence-electron chi connectivity index (χ4n) is 2.26. The maximum atomic E-state index is 12.5. The number of rotatable bonds is 4. The zero-order valence-corrected chi connectivity index (χ0v) is 14.3. The van der Waals surface area contributed by atoms with E-state index in [9.17, 15) is 4.79 Å². The zero-order chi connectivity index (χ0) is 17.1. The predicted molar refractivity (Wildman–Crippen MR) is 92.3 cm³/mol. The molecule has 0 saturated carbocycles. The molecule has 1 heterocycles. The summed E-state index contributed by atoms with van der Waals surface area (Å²) in [6.45, 7) is 1.71.